The van der Waals surface area contributed by atoms with Crippen molar-refractivity contribution in [1.29, 1.82) is 0 Å². The lowest BCUT2D eigenvalue weighted by Crippen LogP contribution is -2.36. The average molecular weight is 326 g/mol. The Morgan fingerprint density at radius 1 is 1.33 bits per heavy atom. The van der Waals surface area contributed by atoms with E-state index in [2.05, 4.69) is 45.0 Å². The molecule has 5 nitrogen and oxygen atoms in total. The van der Waals surface area contributed by atoms with Gasteiger partial charge in [0.1, 0.15) is 6.10 Å². The van der Waals surface area contributed by atoms with Crippen molar-refractivity contribution in [2.45, 2.75) is 38.0 Å². The number of imidazole rings is 1. The number of nitrogens with one attached hydrogen (secondary N) is 1. The highest BCUT2D eigenvalue weighted by molar-refractivity contribution is 5.58. The van der Waals surface area contributed by atoms with Crippen LogP contribution in [0, 0.1) is 0 Å². The number of rotatable bonds is 4. The van der Waals surface area contributed by atoms with E-state index in [1.165, 1.54) is 28.9 Å². The van der Waals surface area contributed by atoms with E-state index >= 15 is 0 Å². The van der Waals surface area contributed by atoms with Crippen molar-refractivity contribution < 1.29 is 4.74 Å². The highest BCUT2D eigenvalue weighted by Crippen LogP contribution is 2.29. The molecule has 0 radical (unpaired) electrons. The largest absolute Gasteiger partial charge is 0.374 e. The smallest absolute Gasteiger partial charge is 0.100 e. The van der Waals surface area contributed by atoms with Crippen molar-refractivity contribution in [1.82, 2.24) is 14.9 Å². The van der Waals surface area contributed by atoms with Gasteiger partial charge >= 0.3 is 0 Å². The fourth-order valence-electron chi connectivity index (χ4n) is 3.86. The second-order valence-electron chi connectivity index (χ2n) is 7.03. The highest BCUT2D eigenvalue weighted by atomic mass is 16.5. The number of ether oxygens (including phenoxy) is 1. The van der Waals surface area contributed by atoms with Gasteiger partial charge in [-0.2, -0.15) is 0 Å². The van der Waals surface area contributed by atoms with Gasteiger partial charge in [0.05, 0.1) is 18.2 Å². The van der Waals surface area contributed by atoms with Crippen molar-refractivity contribution in [2.75, 3.05) is 25.1 Å². The molecule has 1 aromatic carbocycles. The number of likely N-dealkylation sites (N-methyl/N-ethyl adjacent to an activating group) is 1. The van der Waals surface area contributed by atoms with Gasteiger partial charge < -0.3 is 19.5 Å². The molecule has 2 aliphatic rings. The van der Waals surface area contributed by atoms with Gasteiger partial charge in [0.2, 0.25) is 0 Å². The zero-order valence-electron chi connectivity index (χ0n) is 14.5. The monoisotopic (exact) mass is 326 g/mol. The van der Waals surface area contributed by atoms with E-state index in [1.54, 1.807) is 0 Å². The van der Waals surface area contributed by atoms with Gasteiger partial charge in [-0.15, -0.1) is 0 Å². The quantitative estimate of drug-likeness (QED) is 0.937. The summed E-state index contributed by atoms with van der Waals surface area (Å²) in [5, 5.41) is 3.73. The van der Waals surface area contributed by atoms with Crippen LogP contribution >= 0.6 is 0 Å². The summed E-state index contributed by atoms with van der Waals surface area (Å²) in [6, 6.07) is 7.38. The van der Waals surface area contributed by atoms with E-state index in [1.807, 2.05) is 19.6 Å². The molecule has 2 aliphatic heterocycles. The summed E-state index contributed by atoms with van der Waals surface area (Å²) in [4.78, 5) is 6.55. The summed E-state index contributed by atoms with van der Waals surface area (Å²) in [5.74, 6) is 0. The van der Waals surface area contributed by atoms with E-state index in [9.17, 15) is 0 Å². The van der Waals surface area contributed by atoms with Gasteiger partial charge in [0.25, 0.3) is 0 Å². The van der Waals surface area contributed by atoms with Crippen molar-refractivity contribution in [2.24, 2.45) is 7.05 Å². The van der Waals surface area contributed by atoms with Crippen LogP contribution < -0.4 is 10.2 Å². The van der Waals surface area contributed by atoms with Gasteiger partial charge in [-0.1, -0.05) is 12.1 Å². The average Bonchev–Trinajstić information content (AvgIpc) is 3.19. The Hall–Kier alpha value is -1.85. The van der Waals surface area contributed by atoms with Crippen LogP contribution in [0.2, 0.25) is 0 Å². The number of hydrogen-bond acceptors (Lipinski definition) is 4. The molecule has 24 heavy (non-hydrogen) atoms. The molecule has 3 heterocycles. The van der Waals surface area contributed by atoms with Crippen LogP contribution in [0.1, 0.15) is 35.8 Å². The minimum Gasteiger partial charge on any atom is -0.374 e. The molecular weight excluding hydrogens is 300 g/mol. The maximum absolute atomic E-state index is 5.95. The van der Waals surface area contributed by atoms with Crippen LogP contribution in [0.25, 0.3) is 0 Å². The molecule has 2 atom stereocenters. The van der Waals surface area contributed by atoms with E-state index in [0.29, 0.717) is 6.04 Å². The molecule has 1 fully saturated rings. The summed E-state index contributed by atoms with van der Waals surface area (Å²) in [7, 11) is 4.20. The lowest BCUT2D eigenvalue weighted by molar-refractivity contribution is -0.00404. The minimum atomic E-state index is 0.150. The van der Waals surface area contributed by atoms with E-state index in [-0.39, 0.29) is 6.10 Å². The molecule has 0 spiro atoms. The van der Waals surface area contributed by atoms with Crippen LogP contribution in [0.15, 0.2) is 30.7 Å². The summed E-state index contributed by atoms with van der Waals surface area (Å²) in [6.07, 6.45) is 7.16. The molecule has 128 valence electrons. The molecule has 5 heteroatoms. The maximum atomic E-state index is 5.95. The molecule has 4 rings (SSSR count). The fourth-order valence-corrected chi connectivity index (χ4v) is 3.86. The fraction of sp³-hybridized carbons (Fsp3) is 0.526. The lowest BCUT2D eigenvalue weighted by Gasteiger charge is -2.30. The first-order chi connectivity index (χ1) is 11.7. The third-order valence-corrected chi connectivity index (χ3v) is 5.33. The van der Waals surface area contributed by atoms with Crippen molar-refractivity contribution >= 4 is 5.69 Å². The molecule has 2 aromatic rings. The highest BCUT2D eigenvalue weighted by Gasteiger charge is 2.25. The van der Waals surface area contributed by atoms with Gasteiger partial charge in [-0.05, 0) is 36.5 Å². The summed E-state index contributed by atoms with van der Waals surface area (Å²) in [6.45, 7) is 2.88. The number of hydrogen-bond donors (Lipinski definition) is 1. The molecule has 0 aliphatic carbocycles. The van der Waals surface area contributed by atoms with E-state index in [4.69, 9.17) is 4.74 Å². The van der Waals surface area contributed by atoms with Crippen LogP contribution in [0.4, 0.5) is 5.69 Å². The van der Waals surface area contributed by atoms with Gasteiger partial charge in [0.15, 0.2) is 0 Å². The number of aromatic nitrogens is 2. The number of nitrogens with zero attached hydrogens (tertiary/aromatic N) is 3. The minimum absolute atomic E-state index is 0.150. The Balaban J connectivity index is 1.37. The molecular formula is C19H26N4O. The predicted octanol–water partition coefficient (Wildman–Crippen LogP) is 2.42. The predicted molar refractivity (Wildman–Crippen MR) is 95.2 cm³/mol. The second-order valence-corrected chi connectivity index (χ2v) is 7.03. The first kappa shape index (κ1) is 15.7. The molecule has 0 bridgehead atoms. The Labute approximate surface area is 143 Å². The third kappa shape index (κ3) is 3.06. The SMILES string of the molecule is CN1CCc2cc(CNC3CCOC(c4cncn4C)C3)ccc21. The zero-order valence-corrected chi connectivity index (χ0v) is 14.5. The first-order valence-electron chi connectivity index (χ1n) is 8.85. The van der Waals surface area contributed by atoms with Crippen molar-refractivity contribution in [3.63, 3.8) is 0 Å². The topological polar surface area (TPSA) is 42.3 Å². The van der Waals surface area contributed by atoms with E-state index < -0.39 is 0 Å². The maximum Gasteiger partial charge on any atom is 0.100 e. The van der Waals surface area contributed by atoms with Crippen LogP contribution in [-0.4, -0.2) is 35.8 Å². The molecule has 0 amide bonds. The van der Waals surface area contributed by atoms with E-state index in [0.717, 1.165) is 32.5 Å². The number of benzene rings is 1. The van der Waals surface area contributed by atoms with Crippen LogP contribution in [-0.2, 0) is 24.8 Å². The summed E-state index contributed by atoms with van der Waals surface area (Å²) < 4.78 is 8.01. The van der Waals surface area contributed by atoms with Gasteiger partial charge in [0, 0.05) is 45.5 Å². The number of aryl methyl sites for hydroxylation is 1. The molecule has 0 saturated carbocycles. The Morgan fingerprint density at radius 2 is 2.25 bits per heavy atom. The summed E-state index contributed by atoms with van der Waals surface area (Å²) >= 11 is 0. The Bertz CT molecular complexity index is 711. The third-order valence-electron chi connectivity index (χ3n) is 5.33. The van der Waals surface area contributed by atoms with Gasteiger partial charge in [-0.3, -0.25) is 0 Å². The molecule has 1 aromatic heterocycles. The standard InChI is InChI=1S/C19H26N4O/c1-22-7-5-15-9-14(3-4-17(15)22)11-21-16-6-8-24-19(10-16)18-12-20-13-23(18)2/h3-4,9,12-13,16,19,21H,5-8,10-11H2,1-2H3. The number of fused-ring (bicyclic) bond motifs is 1. The molecule has 2 unspecified atom stereocenters. The molecule has 1 N–H and O–H groups in total. The Kier molecular flexibility index (Phi) is 4.29. The van der Waals surface area contributed by atoms with Crippen LogP contribution in [0.3, 0.4) is 0 Å². The normalized spacial score (nSPS) is 23.5. The lowest BCUT2D eigenvalue weighted by atomic mass is 10.0. The first-order valence-corrected chi connectivity index (χ1v) is 8.85. The second kappa shape index (κ2) is 6.57. The van der Waals surface area contributed by atoms with Gasteiger partial charge in [-0.25, -0.2) is 4.98 Å². The molecule has 1 saturated heterocycles. The van der Waals surface area contributed by atoms with Crippen LogP contribution in [0.5, 0.6) is 0 Å². The van der Waals surface area contributed by atoms with Crippen molar-refractivity contribution in [3.05, 3.63) is 47.5 Å². The van der Waals surface area contributed by atoms with Crippen molar-refractivity contribution in [3.8, 4) is 0 Å². The zero-order chi connectivity index (χ0) is 16.5. The number of anilines is 1. The Morgan fingerprint density at radius 3 is 3.08 bits per heavy atom. The summed E-state index contributed by atoms with van der Waals surface area (Å²) in [5.41, 5.74) is 5.42.